The molecule has 0 atom stereocenters. The highest BCUT2D eigenvalue weighted by Crippen LogP contribution is 2.44. The van der Waals surface area contributed by atoms with Gasteiger partial charge in [0.25, 0.3) is 0 Å². The molecule has 0 spiro atoms. The topological polar surface area (TPSA) is 60.2 Å². The smallest absolute Gasteiger partial charge is 0.219 e. The van der Waals surface area contributed by atoms with Crippen LogP contribution in [0, 0.1) is 0 Å². The lowest BCUT2D eigenvalue weighted by Crippen LogP contribution is -2.38. The maximum Gasteiger partial charge on any atom is 0.219 e. The number of primary sulfonamides is 1. The molecule has 0 bridgehead atoms. The maximum absolute atomic E-state index is 11.8. The molecular weight excluding hydrogens is 290 g/mol. The lowest BCUT2D eigenvalue weighted by atomic mass is 9.97. The van der Waals surface area contributed by atoms with Gasteiger partial charge in [-0.25, -0.2) is 13.6 Å². The minimum Gasteiger partial charge on any atom is -0.228 e. The van der Waals surface area contributed by atoms with Crippen molar-refractivity contribution in [1.29, 1.82) is 0 Å². The third-order valence-corrected chi connectivity index (χ3v) is 5.59. The Balaban J connectivity index is 2.53. The monoisotopic (exact) mass is 303 g/mol. The summed E-state index contributed by atoms with van der Waals surface area (Å²) >= 11 is 3.34. The Kier molecular flexibility index (Phi) is 3.11. The van der Waals surface area contributed by atoms with E-state index in [0.717, 1.165) is 22.9 Å². The molecule has 88 valence electrons. The second-order valence-corrected chi connectivity index (χ2v) is 7.04. The Hall–Kier alpha value is -0.390. The number of benzene rings is 1. The van der Waals surface area contributed by atoms with Crippen molar-refractivity contribution < 1.29 is 8.42 Å². The zero-order valence-electron chi connectivity index (χ0n) is 8.82. The molecule has 0 heterocycles. The molecule has 0 aromatic heterocycles. The minimum atomic E-state index is -3.55. The summed E-state index contributed by atoms with van der Waals surface area (Å²) in [5, 5.41) is 5.41. The van der Waals surface area contributed by atoms with Crippen LogP contribution in [0.3, 0.4) is 0 Å². The maximum atomic E-state index is 11.8. The lowest BCUT2D eigenvalue weighted by Gasteiger charge is -2.26. The summed E-state index contributed by atoms with van der Waals surface area (Å²) in [6, 6.07) is 7.42. The largest absolute Gasteiger partial charge is 0.228 e. The van der Waals surface area contributed by atoms with Crippen LogP contribution in [0.25, 0.3) is 0 Å². The fourth-order valence-corrected chi connectivity index (χ4v) is 4.02. The third-order valence-electron chi connectivity index (χ3n) is 3.33. The summed E-state index contributed by atoms with van der Waals surface area (Å²) in [7, 11) is -3.55. The fourth-order valence-electron chi connectivity index (χ4n) is 2.44. The van der Waals surface area contributed by atoms with Gasteiger partial charge in [-0.05, 0) is 30.5 Å². The first kappa shape index (κ1) is 12.1. The lowest BCUT2D eigenvalue weighted by molar-refractivity contribution is 0.525. The Morgan fingerprint density at radius 1 is 1.12 bits per heavy atom. The average Bonchev–Trinajstić information content (AvgIpc) is 2.68. The summed E-state index contributed by atoms with van der Waals surface area (Å²) < 4.78 is 23.7. The highest BCUT2D eigenvalue weighted by atomic mass is 79.9. The van der Waals surface area contributed by atoms with Crippen molar-refractivity contribution in [2.24, 2.45) is 5.14 Å². The predicted molar refractivity (Wildman–Crippen MR) is 67.4 cm³/mol. The molecular formula is C11H14BrNO2S. The molecule has 0 radical (unpaired) electrons. The summed E-state index contributed by atoms with van der Waals surface area (Å²) in [6.45, 7) is 0. The zero-order chi connectivity index (χ0) is 11.8. The minimum absolute atomic E-state index is 0.632. The average molecular weight is 304 g/mol. The zero-order valence-corrected chi connectivity index (χ0v) is 11.2. The van der Waals surface area contributed by atoms with Crippen LogP contribution in [0.4, 0.5) is 0 Å². The van der Waals surface area contributed by atoms with Gasteiger partial charge in [0.05, 0.1) is 0 Å². The molecule has 2 rings (SSSR count). The molecule has 1 aromatic carbocycles. The van der Waals surface area contributed by atoms with Gasteiger partial charge in [0.2, 0.25) is 10.0 Å². The molecule has 1 aliphatic carbocycles. The molecule has 1 fully saturated rings. The van der Waals surface area contributed by atoms with Crippen molar-refractivity contribution in [2.45, 2.75) is 30.4 Å². The molecule has 16 heavy (non-hydrogen) atoms. The van der Waals surface area contributed by atoms with Crippen LogP contribution >= 0.6 is 15.9 Å². The van der Waals surface area contributed by atoms with Gasteiger partial charge in [0, 0.05) is 4.47 Å². The number of sulfonamides is 1. The van der Waals surface area contributed by atoms with E-state index < -0.39 is 14.8 Å². The standard InChI is InChI=1S/C11H14BrNO2S/c12-10-5-3-9(4-6-10)11(16(13,14)15)7-1-2-8-11/h3-6H,1-2,7-8H2,(H2,13,14,15). The van der Waals surface area contributed by atoms with Crippen LogP contribution in [0.1, 0.15) is 31.2 Å². The number of rotatable bonds is 2. The second-order valence-electron chi connectivity index (χ2n) is 4.25. The van der Waals surface area contributed by atoms with Crippen LogP contribution in [0.15, 0.2) is 28.7 Å². The van der Waals surface area contributed by atoms with Gasteiger partial charge >= 0.3 is 0 Å². The van der Waals surface area contributed by atoms with Gasteiger partial charge in [-0.15, -0.1) is 0 Å². The van der Waals surface area contributed by atoms with Crippen molar-refractivity contribution in [3.8, 4) is 0 Å². The number of hydrogen-bond acceptors (Lipinski definition) is 2. The van der Waals surface area contributed by atoms with E-state index in [-0.39, 0.29) is 0 Å². The Morgan fingerprint density at radius 2 is 1.62 bits per heavy atom. The van der Waals surface area contributed by atoms with E-state index in [1.807, 2.05) is 24.3 Å². The predicted octanol–water partition coefficient (Wildman–Crippen LogP) is 2.51. The Labute approximate surface area is 104 Å². The Bertz CT molecular complexity index is 475. The molecule has 3 nitrogen and oxygen atoms in total. The first-order valence-electron chi connectivity index (χ1n) is 5.24. The van der Waals surface area contributed by atoms with Crippen LogP contribution in [0.2, 0.25) is 0 Å². The molecule has 2 N–H and O–H groups in total. The van der Waals surface area contributed by atoms with Gasteiger partial charge < -0.3 is 0 Å². The van der Waals surface area contributed by atoms with Crippen molar-refractivity contribution in [2.75, 3.05) is 0 Å². The number of nitrogens with two attached hydrogens (primary N) is 1. The van der Waals surface area contributed by atoms with E-state index in [9.17, 15) is 8.42 Å². The summed E-state index contributed by atoms with van der Waals surface area (Å²) in [5.41, 5.74) is 0.815. The highest BCUT2D eigenvalue weighted by Gasteiger charge is 2.45. The normalized spacial score (nSPS) is 19.9. The highest BCUT2D eigenvalue weighted by molar-refractivity contribution is 9.10. The summed E-state index contributed by atoms with van der Waals surface area (Å²) in [5.74, 6) is 0. The van der Waals surface area contributed by atoms with Crippen molar-refractivity contribution in [3.63, 3.8) is 0 Å². The SMILES string of the molecule is NS(=O)(=O)C1(c2ccc(Br)cc2)CCCC1. The summed E-state index contributed by atoms with van der Waals surface area (Å²) in [4.78, 5) is 0. The van der Waals surface area contributed by atoms with Crippen LogP contribution in [-0.2, 0) is 14.8 Å². The van der Waals surface area contributed by atoms with E-state index in [1.54, 1.807) is 0 Å². The molecule has 0 amide bonds. The van der Waals surface area contributed by atoms with Crippen molar-refractivity contribution in [1.82, 2.24) is 0 Å². The van der Waals surface area contributed by atoms with E-state index in [4.69, 9.17) is 5.14 Å². The van der Waals surface area contributed by atoms with Gasteiger partial charge in [-0.2, -0.15) is 0 Å². The van der Waals surface area contributed by atoms with Gasteiger partial charge in [0.15, 0.2) is 0 Å². The molecule has 0 unspecified atom stereocenters. The molecule has 5 heteroatoms. The van der Waals surface area contributed by atoms with E-state index in [2.05, 4.69) is 15.9 Å². The molecule has 1 aromatic rings. The molecule has 1 saturated carbocycles. The summed E-state index contributed by atoms with van der Waals surface area (Å²) in [6.07, 6.45) is 3.11. The quantitative estimate of drug-likeness (QED) is 0.912. The Morgan fingerprint density at radius 3 is 2.06 bits per heavy atom. The van der Waals surface area contributed by atoms with Crippen molar-refractivity contribution >= 4 is 26.0 Å². The fraction of sp³-hybridized carbons (Fsp3) is 0.455. The van der Waals surface area contributed by atoms with E-state index in [0.29, 0.717) is 12.8 Å². The van der Waals surface area contributed by atoms with Crippen LogP contribution < -0.4 is 5.14 Å². The second kappa shape index (κ2) is 4.13. The molecule has 1 aliphatic rings. The van der Waals surface area contributed by atoms with E-state index >= 15 is 0 Å². The van der Waals surface area contributed by atoms with Crippen LogP contribution in [-0.4, -0.2) is 8.42 Å². The number of hydrogen-bond donors (Lipinski definition) is 1. The first-order chi connectivity index (χ1) is 7.46. The third kappa shape index (κ3) is 1.92. The number of halogens is 1. The first-order valence-corrected chi connectivity index (χ1v) is 7.58. The van der Waals surface area contributed by atoms with Gasteiger partial charge in [0.1, 0.15) is 4.75 Å². The van der Waals surface area contributed by atoms with E-state index in [1.165, 1.54) is 0 Å². The van der Waals surface area contributed by atoms with Gasteiger partial charge in [-0.1, -0.05) is 40.9 Å². The molecule has 0 saturated heterocycles. The van der Waals surface area contributed by atoms with Crippen LogP contribution in [0.5, 0.6) is 0 Å². The van der Waals surface area contributed by atoms with Crippen molar-refractivity contribution in [3.05, 3.63) is 34.3 Å². The van der Waals surface area contributed by atoms with Gasteiger partial charge in [-0.3, -0.25) is 0 Å². The molecule has 0 aliphatic heterocycles.